The molecule has 0 aliphatic carbocycles. The number of aliphatic imine (C=N–C) groups is 1. The first-order valence-electron chi connectivity index (χ1n) is 14.8. The average molecular weight is 647 g/mol. The van der Waals surface area contributed by atoms with Crippen LogP contribution in [0.3, 0.4) is 0 Å². The molecule has 0 aromatic heterocycles. The Kier molecular flexibility index (Phi) is 9.67. The predicted octanol–water partition coefficient (Wildman–Crippen LogP) is 5.79. The lowest BCUT2D eigenvalue weighted by Crippen LogP contribution is -2.55. The van der Waals surface area contributed by atoms with E-state index in [0.29, 0.717) is 43.9 Å². The number of benzene rings is 1. The molecular formula is C30H42N4O8SSi. The number of carboxylic acid groups (broad SMARTS) is 1. The van der Waals surface area contributed by atoms with Crippen molar-refractivity contribution >= 4 is 49.6 Å². The van der Waals surface area contributed by atoms with Gasteiger partial charge >= 0.3 is 12.1 Å². The fourth-order valence-corrected chi connectivity index (χ4v) is 8.18. The van der Waals surface area contributed by atoms with E-state index in [1.807, 2.05) is 4.90 Å². The minimum Gasteiger partial charge on any atom is -0.477 e. The molecule has 3 aliphatic rings. The number of likely N-dealkylation sites (tertiary alicyclic amines) is 1. The van der Waals surface area contributed by atoms with E-state index >= 15 is 0 Å². The van der Waals surface area contributed by atoms with Gasteiger partial charge in [0.05, 0.1) is 11.0 Å². The average Bonchev–Trinajstić information content (AvgIpc) is 3.47. The maximum absolute atomic E-state index is 12.6. The largest absolute Gasteiger partial charge is 0.477 e. The Morgan fingerprint density at radius 1 is 1.25 bits per heavy atom. The van der Waals surface area contributed by atoms with Gasteiger partial charge in [0.25, 0.3) is 5.69 Å². The molecule has 2 saturated heterocycles. The fraction of sp³-hybridized carbons (Fsp3) is 0.600. The minimum absolute atomic E-state index is 0.0371. The molecule has 0 spiro atoms. The lowest BCUT2D eigenvalue weighted by molar-refractivity contribution is -0.384. The van der Waals surface area contributed by atoms with Crippen molar-refractivity contribution in [3.63, 3.8) is 0 Å². The number of aliphatic carboxylic acids is 1. The highest BCUT2D eigenvalue weighted by molar-refractivity contribution is 8.03. The normalized spacial score (nSPS) is 24.0. The van der Waals surface area contributed by atoms with E-state index in [2.05, 4.69) is 45.8 Å². The Labute approximate surface area is 263 Å². The van der Waals surface area contributed by atoms with E-state index in [4.69, 9.17) is 9.16 Å². The number of nitro groups is 1. The van der Waals surface area contributed by atoms with Gasteiger partial charge in [-0.1, -0.05) is 27.7 Å². The topological polar surface area (TPSA) is 152 Å². The summed E-state index contributed by atoms with van der Waals surface area (Å²) in [7, 11) is -2.01. The summed E-state index contributed by atoms with van der Waals surface area (Å²) in [6.07, 6.45) is 0.925. The third-order valence-electron chi connectivity index (χ3n) is 9.40. The number of rotatable bonds is 10. The molecule has 0 saturated carbocycles. The summed E-state index contributed by atoms with van der Waals surface area (Å²) in [4.78, 5) is 56.0. The third kappa shape index (κ3) is 6.86. The van der Waals surface area contributed by atoms with E-state index in [9.17, 15) is 29.6 Å². The van der Waals surface area contributed by atoms with Crippen molar-refractivity contribution in [3.8, 4) is 0 Å². The molecule has 12 nitrogen and oxygen atoms in total. The maximum Gasteiger partial charge on any atom is 0.435 e. The zero-order valence-electron chi connectivity index (χ0n) is 26.4. The second-order valence-electron chi connectivity index (χ2n) is 13.4. The number of hydrogen-bond donors (Lipinski definition) is 1. The summed E-state index contributed by atoms with van der Waals surface area (Å²) >= 11 is 1.52. The second-order valence-corrected chi connectivity index (χ2v) is 19.5. The number of carboxylic acids is 1. The highest BCUT2D eigenvalue weighted by Gasteiger charge is 2.60. The Morgan fingerprint density at radius 2 is 1.91 bits per heavy atom. The van der Waals surface area contributed by atoms with E-state index in [1.54, 1.807) is 6.92 Å². The molecular weight excluding hydrogens is 605 g/mol. The molecule has 44 heavy (non-hydrogen) atoms. The molecule has 1 N–H and O–H groups in total. The number of nitro benzene ring substituents is 1. The van der Waals surface area contributed by atoms with Gasteiger partial charge in [-0.05, 0) is 55.6 Å². The number of fused-ring (bicyclic) bond motifs is 1. The van der Waals surface area contributed by atoms with Crippen LogP contribution in [0.25, 0.3) is 0 Å². The number of non-ortho nitro benzene ring substituents is 1. The monoisotopic (exact) mass is 646 g/mol. The molecule has 2 amide bonds. The van der Waals surface area contributed by atoms with Crippen molar-refractivity contribution in [1.29, 1.82) is 0 Å². The Bertz CT molecular complexity index is 1390. The predicted molar refractivity (Wildman–Crippen MR) is 170 cm³/mol. The van der Waals surface area contributed by atoms with Crippen LogP contribution in [0.2, 0.25) is 18.1 Å². The van der Waals surface area contributed by atoms with Gasteiger partial charge in [0.15, 0.2) is 8.32 Å². The molecule has 1 aromatic carbocycles. The van der Waals surface area contributed by atoms with Crippen LogP contribution in [-0.2, 0) is 25.4 Å². The molecule has 0 bridgehead atoms. The number of carbonyl (C=O) groups is 3. The number of carbonyl (C=O) groups excluding carboxylic acids is 2. The van der Waals surface area contributed by atoms with Crippen molar-refractivity contribution in [2.75, 3.05) is 19.7 Å². The summed E-state index contributed by atoms with van der Waals surface area (Å²) in [5, 5.41) is 21.1. The maximum atomic E-state index is 12.6. The zero-order valence-corrected chi connectivity index (χ0v) is 28.2. The zero-order chi connectivity index (χ0) is 32.6. The van der Waals surface area contributed by atoms with E-state index in [0.717, 1.165) is 11.3 Å². The van der Waals surface area contributed by atoms with Crippen molar-refractivity contribution in [3.05, 3.63) is 50.5 Å². The first kappa shape index (κ1) is 33.7. The minimum atomic E-state index is -2.01. The van der Waals surface area contributed by atoms with Gasteiger partial charge in [0, 0.05) is 53.8 Å². The van der Waals surface area contributed by atoms with Crippen LogP contribution in [0.4, 0.5) is 10.5 Å². The Hall–Kier alpha value is -3.23. The number of hydrogen-bond acceptors (Lipinski definition) is 8. The molecule has 2 fully saturated rings. The van der Waals surface area contributed by atoms with Gasteiger partial charge < -0.3 is 24.1 Å². The fourth-order valence-electron chi connectivity index (χ4n) is 5.52. The number of thioether (sulfide) groups is 1. The molecule has 4 rings (SSSR count). The quantitative estimate of drug-likeness (QED) is 0.0826. The van der Waals surface area contributed by atoms with Gasteiger partial charge in [-0.2, -0.15) is 4.99 Å². The van der Waals surface area contributed by atoms with Crippen molar-refractivity contribution < 1.29 is 33.6 Å². The highest BCUT2D eigenvalue weighted by Crippen LogP contribution is 2.58. The summed E-state index contributed by atoms with van der Waals surface area (Å²) in [5.41, 5.74) is 0.113. The van der Waals surface area contributed by atoms with Crippen LogP contribution >= 0.6 is 11.8 Å². The van der Waals surface area contributed by atoms with Crippen molar-refractivity contribution in [2.24, 2.45) is 10.4 Å². The number of amides is 2. The van der Waals surface area contributed by atoms with Gasteiger partial charge in [0.2, 0.25) is 5.91 Å². The van der Waals surface area contributed by atoms with Crippen molar-refractivity contribution in [1.82, 2.24) is 9.80 Å². The molecule has 3 heterocycles. The lowest BCUT2D eigenvalue weighted by atomic mass is 9.76. The number of amidine groups is 1. The van der Waals surface area contributed by atoms with E-state index < -0.39 is 30.7 Å². The summed E-state index contributed by atoms with van der Waals surface area (Å²) < 4.78 is 11.7. The highest BCUT2D eigenvalue weighted by atomic mass is 32.2. The molecule has 1 aromatic rings. The molecule has 14 heteroatoms. The van der Waals surface area contributed by atoms with E-state index in [1.165, 1.54) is 40.9 Å². The van der Waals surface area contributed by atoms with E-state index in [-0.39, 0.29) is 40.2 Å². The van der Waals surface area contributed by atoms with Crippen LogP contribution in [-0.4, -0.2) is 82.9 Å². The molecule has 240 valence electrons. The number of nitrogens with zero attached hydrogens (tertiary/aromatic N) is 4. The molecule has 3 aliphatic heterocycles. The Balaban J connectivity index is 1.41. The lowest BCUT2D eigenvalue weighted by Gasteiger charge is -2.44. The van der Waals surface area contributed by atoms with Crippen molar-refractivity contribution in [2.45, 2.75) is 89.9 Å². The van der Waals surface area contributed by atoms with Crippen LogP contribution < -0.4 is 0 Å². The summed E-state index contributed by atoms with van der Waals surface area (Å²) in [6, 6.07) is 5.55. The number of β-lactam (4-membered cyclic amide) rings is 1. The second kappa shape index (κ2) is 12.6. The van der Waals surface area contributed by atoms with Gasteiger partial charge in [-0.25, -0.2) is 9.59 Å². The molecule has 3 atom stereocenters. The SMILES string of the molecule is CC(=NC(=O)OCc1ccc([N+](=O)[O-])cc1)N1CCC(SC2=C(C(=O)O)N3C(=O)C[C@@H]3[C@]2(C)CCO[Si](C)(C)C(C)(C)C)C1. The summed E-state index contributed by atoms with van der Waals surface area (Å²) in [5.74, 6) is -0.768. The number of ether oxygens (including phenoxy) is 1. The van der Waals surface area contributed by atoms with Gasteiger partial charge in [-0.3, -0.25) is 14.9 Å². The standard InChI is InChI=1S/C30H42N4O8SSi/c1-19(31-28(38)41-18-20-8-10-21(11-9-20)34(39)40)32-14-12-22(17-32)43-26-25(27(36)37)33-23(16-24(33)35)30(26,5)13-15-42-44(6,7)29(2,3)4/h8-11,22-23H,12-18H2,1-7H3,(H,36,37)/t22?,23-,30+/m1/s1. The van der Waals surface area contributed by atoms with Gasteiger partial charge in [-0.15, -0.1) is 11.8 Å². The third-order valence-corrected chi connectivity index (χ3v) is 15.6. The van der Waals surface area contributed by atoms with Crippen LogP contribution in [0.1, 0.15) is 59.4 Å². The van der Waals surface area contributed by atoms with Crippen LogP contribution in [0.5, 0.6) is 0 Å². The Morgan fingerprint density at radius 3 is 2.48 bits per heavy atom. The molecule has 0 radical (unpaired) electrons. The van der Waals surface area contributed by atoms with Gasteiger partial charge in [0.1, 0.15) is 18.1 Å². The molecule has 1 unspecified atom stereocenters. The first-order valence-corrected chi connectivity index (χ1v) is 18.5. The smallest absolute Gasteiger partial charge is 0.435 e. The van der Waals surface area contributed by atoms with Crippen LogP contribution in [0.15, 0.2) is 39.9 Å². The summed E-state index contributed by atoms with van der Waals surface area (Å²) in [6.45, 7) is 16.3. The van der Waals surface area contributed by atoms with Crippen LogP contribution in [0, 0.1) is 15.5 Å². The first-order chi connectivity index (χ1) is 20.4.